The van der Waals surface area contributed by atoms with Gasteiger partial charge in [0.2, 0.25) is 0 Å². The zero-order chi connectivity index (χ0) is 23.1. The molecule has 6 nitrogen and oxygen atoms in total. The second-order valence-electron chi connectivity index (χ2n) is 9.41. The van der Waals surface area contributed by atoms with Crippen molar-refractivity contribution in [2.24, 2.45) is 11.8 Å². The van der Waals surface area contributed by atoms with Gasteiger partial charge in [0.15, 0.2) is 0 Å². The lowest BCUT2D eigenvalue weighted by atomic mass is 9.85. The van der Waals surface area contributed by atoms with Gasteiger partial charge in [-0.1, -0.05) is 42.5 Å². The fourth-order valence-corrected chi connectivity index (χ4v) is 4.83. The van der Waals surface area contributed by atoms with Crippen molar-refractivity contribution in [2.75, 3.05) is 0 Å². The lowest BCUT2D eigenvalue weighted by Gasteiger charge is -2.21. The third-order valence-corrected chi connectivity index (χ3v) is 6.50. The van der Waals surface area contributed by atoms with Gasteiger partial charge in [0.25, 0.3) is 0 Å². The Morgan fingerprint density at radius 3 is 2.66 bits per heavy atom. The van der Waals surface area contributed by atoms with Crippen LogP contribution in [0.5, 0.6) is 0 Å². The molecular weight excluding hydrogens is 408 g/mol. The molecule has 1 aliphatic carbocycles. The molecule has 3 N–H and O–H groups in total. The standard InChI is InChI=1S/C26H38O6/c1-17(2)31-23(30)13-9-4-3-8-12-19-21(28)16-22(29)24(19)26-25(32-26)20(27)15-14-18-10-6-5-7-11-18/h3,5-8,10-11,17,19-22,24-29H,4,9,12-16H2,1-2H3/b8-3-/t19-,20+,21-,22+,24+,25+,26+/m0/s1. The van der Waals surface area contributed by atoms with Gasteiger partial charge >= 0.3 is 5.97 Å². The predicted octanol–water partition coefficient (Wildman–Crippen LogP) is 3.17. The maximum absolute atomic E-state index is 11.6. The maximum Gasteiger partial charge on any atom is 0.306 e. The number of epoxide rings is 1. The van der Waals surface area contributed by atoms with E-state index < -0.39 is 18.3 Å². The predicted molar refractivity (Wildman–Crippen MR) is 122 cm³/mol. The molecule has 0 spiro atoms. The Hall–Kier alpha value is -1.73. The van der Waals surface area contributed by atoms with Crippen LogP contribution in [0.2, 0.25) is 0 Å². The number of aliphatic hydroxyl groups is 3. The van der Waals surface area contributed by atoms with Gasteiger partial charge in [-0.25, -0.2) is 0 Å². The number of esters is 1. The number of carbonyl (C=O) groups excluding carboxylic acids is 1. The number of carbonyl (C=O) groups is 1. The van der Waals surface area contributed by atoms with Crippen LogP contribution in [0.3, 0.4) is 0 Å². The summed E-state index contributed by atoms with van der Waals surface area (Å²) in [5, 5.41) is 31.6. The molecule has 0 bridgehead atoms. The highest BCUT2D eigenvalue weighted by molar-refractivity contribution is 5.69. The first kappa shape index (κ1) is 24.9. The number of allylic oxidation sites excluding steroid dienone is 2. The Balaban J connectivity index is 1.42. The molecule has 2 aliphatic rings. The Kier molecular flexibility index (Phi) is 9.29. The summed E-state index contributed by atoms with van der Waals surface area (Å²) in [6.45, 7) is 3.68. The molecule has 178 valence electrons. The zero-order valence-corrected chi connectivity index (χ0v) is 19.2. The van der Waals surface area contributed by atoms with Crippen LogP contribution in [-0.2, 0) is 20.7 Å². The van der Waals surface area contributed by atoms with E-state index >= 15 is 0 Å². The van der Waals surface area contributed by atoms with Crippen molar-refractivity contribution in [1.29, 1.82) is 0 Å². The minimum Gasteiger partial charge on any atom is -0.463 e. The minimum absolute atomic E-state index is 0.0874. The first-order valence-electron chi connectivity index (χ1n) is 11.9. The lowest BCUT2D eigenvalue weighted by Crippen LogP contribution is -2.30. The molecule has 1 aliphatic heterocycles. The van der Waals surface area contributed by atoms with Gasteiger partial charge in [-0.15, -0.1) is 0 Å². The minimum atomic E-state index is -0.620. The summed E-state index contributed by atoms with van der Waals surface area (Å²) in [4.78, 5) is 11.6. The van der Waals surface area contributed by atoms with Crippen molar-refractivity contribution in [3.8, 4) is 0 Å². The number of unbranched alkanes of at least 4 members (excludes halogenated alkanes) is 1. The number of ether oxygens (including phenoxy) is 2. The molecule has 7 atom stereocenters. The molecule has 1 saturated heterocycles. The van der Waals surface area contributed by atoms with Crippen molar-refractivity contribution >= 4 is 5.97 Å². The lowest BCUT2D eigenvalue weighted by molar-refractivity contribution is -0.147. The number of aryl methyl sites for hydroxylation is 1. The molecule has 1 heterocycles. The number of benzene rings is 1. The monoisotopic (exact) mass is 446 g/mol. The SMILES string of the molecule is CC(C)OC(=O)CCC/C=C\C[C@@H]1[C@@H]([C@H]2O[C@@H]2[C@H](O)CCc2ccccc2)[C@H](O)C[C@@H]1O. The quantitative estimate of drug-likeness (QED) is 0.197. The molecule has 3 rings (SSSR count). The smallest absolute Gasteiger partial charge is 0.306 e. The molecule has 0 amide bonds. The second kappa shape index (κ2) is 11.9. The van der Waals surface area contributed by atoms with Gasteiger partial charge in [0.05, 0.1) is 30.5 Å². The van der Waals surface area contributed by atoms with Crippen molar-refractivity contribution < 1.29 is 29.6 Å². The van der Waals surface area contributed by atoms with E-state index in [4.69, 9.17) is 9.47 Å². The second-order valence-corrected chi connectivity index (χ2v) is 9.41. The van der Waals surface area contributed by atoms with Gasteiger partial charge in [-0.2, -0.15) is 0 Å². The van der Waals surface area contributed by atoms with Crippen LogP contribution >= 0.6 is 0 Å². The van der Waals surface area contributed by atoms with Gasteiger partial charge in [0, 0.05) is 12.3 Å². The molecule has 1 aromatic rings. The van der Waals surface area contributed by atoms with Gasteiger partial charge in [-0.3, -0.25) is 4.79 Å². The average molecular weight is 447 g/mol. The fraction of sp³-hybridized carbons (Fsp3) is 0.654. The van der Waals surface area contributed by atoms with Crippen LogP contribution in [0.25, 0.3) is 0 Å². The highest BCUT2D eigenvalue weighted by Gasteiger charge is 2.57. The average Bonchev–Trinajstić information content (AvgIpc) is 3.48. The van der Waals surface area contributed by atoms with Crippen molar-refractivity contribution in [1.82, 2.24) is 0 Å². The number of hydrogen-bond donors (Lipinski definition) is 3. The molecule has 1 saturated carbocycles. The highest BCUT2D eigenvalue weighted by Crippen LogP contribution is 2.46. The van der Waals surface area contributed by atoms with Crippen molar-refractivity contribution in [3.63, 3.8) is 0 Å². The third-order valence-electron chi connectivity index (χ3n) is 6.50. The Labute approximate surface area is 191 Å². The summed E-state index contributed by atoms with van der Waals surface area (Å²) in [6.07, 6.45) is 5.97. The Morgan fingerprint density at radius 1 is 1.19 bits per heavy atom. The van der Waals surface area contributed by atoms with Gasteiger partial charge in [-0.05, 0) is 63.9 Å². The number of aliphatic hydroxyl groups excluding tert-OH is 3. The Bertz CT molecular complexity index is 733. The number of rotatable bonds is 12. The van der Waals surface area contributed by atoms with Crippen LogP contribution in [0.1, 0.15) is 57.9 Å². The summed E-state index contributed by atoms with van der Waals surface area (Å²) < 4.78 is 10.9. The topological polar surface area (TPSA) is 99.5 Å². The van der Waals surface area contributed by atoms with Crippen LogP contribution in [0.15, 0.2) is 42.5 Å². The fourth-order valence-electron chi connectivity index (χ4n) is 4.83. The Morgan fingerprint density at radius 2 is 1.94 bits per heavy atom. The largest absolute Gasteiger partial charge is 0.463 e. The van der Waals surface area contributed by atoms with E-state index in [1.54, 1.807) is 0 Å². The molecule has 2 fully saturated rings. The number of hydrogen-bond acceptors (Lipinski definition) is 6. The van der Waals surface area contributed by atoms with E-state index in [1.807, 2.05) is 56.3 Å². The van der Waals surface area contributed by atoms with E-state index in [1.165, 1.54) is 5.56 Å². The van der Waals surface area contributed by atoms with E-state index in [9.17, 15) is 20.1 Å². The van der Waals surface area contributed by atoms with E-state index in [0.717, 1.165) is 19.3 Å². The molecule has 1 aromatic carbocycles. The molecule has 32 heavy (non-hydrogen) atoms. The molecule has 0 aromatic heterocycles. The van der Waals surface area contributed by atoms with Gasteiger partial charge < -0.3 is 24.8 Å². The van der Waals surface area contributed by atoms with E-state index in [-0.39, 0.29) is 36.1 Å². The summed E-state index contributed by atoms with van der Waals surface area (Å²) in [5.41, 5.74) is 1.18. The van der Waals surface area contributed by atoms with Crippen molar-refractivity contribution in [2.45, 2.75) is 95.4 Å². The maximum atomic E-state index is 11.6. The van der Waals surface area contributed by atoms with Crippen molar-refractivity contribution in [3.05, 3.63) is 48.0 Å². The molecule has 6 heteroatoms. The third kappa shape index (κ3) is 7.14. The van der Waals surface area contributed by atoms with Gasteiger partial charge in [0.1, 0.15) is 6.10 Å². The normalized spacial score (nSPS) is 30.7. The molecule has 0 radical (unpaired) electrons. The zero-order valence-electron chi connectivity index (χ0n) is 19.2. The summed E-state index contributed by atoms with van der Waals surface area (Å²) >= 11 is 0. The first-order chi connectivity index (χ1) is 15.4. The van der Waals surface area contributed by atoms with Crippen LogP contribution in [0.4, 0.5) is 0 Å². The van der Waals surface area contributed by atoms with Crippen LogP contribution in [-0.4, -0.2) is 57.9 Å². The molecule has 0 unspecified atom stereocenters. The summed E-state index contributed by atoms with van der Waals surface area (Å²) in [6, 6.07) is 10.0. The first-order valence-corrected chi connectivity index (χ1v) is 11.9. The van der Waals surface area contributed by atoms with Crippen LogP contribution in [0, 0.1) is 11.8 Å². The van der Waals surface area contributed by atoms with E-state index in [2.05, 4.69) is 0 Å². The summed E-state index contributed by atoms with van der Waals surface area (Å²) in [5.74, 6) is -0.443. The van der Waals surface area contributed by atoms with E-state index in [0.29, 0.717) is 25.7 Å². The highest BCUT2D eigenvalue weighted by atomic mass is 16.6. The van der Waals surface area contributed by atoms with Crippen LogP contribution < -0.4 is 0 Å². The summed E-state index contributed by atoms with van der Waals surface area (Å²) in [7, 11) is 0. The molecular formula is C26H38O6.